The third kappa shape index (κ3) is 6.50. The van der Waals surface area contributed by atoms with E-state index < -0.39 is 36.2 Å². The van der Waals surface area contributed by atoms with Crippen LogP contribution in [0, 0.1) is 0 Å². The average Bonchev–Trinajstić information content (AvgIpc) is 2.91. The molecule has 0 saturated heterocycles. The molecule has 7 N–H and O–H groups in total. The van der Waals surface area contributed by atoms with Crippen LogP contribution in [-0.2, 0) is 16.1 Å². The van der Waals surface area contributed by atoms with E-state index in [9.17, 15) is 24.6 Å². The second kappa shape index (κ2) is 11.8. The van der Waals surface area contributed by atoms with E-state index in [0.717, 1.165) is 5.69 Å². The van der Waals surface area contributed by atoms with Gasteiger partial charge in [-0.2, -0.15) is 9.97 Å². The van der Waals surface area contributed by atoms with Gasteiger partial charge in [-0.3, -0.25) is 9.59 Å². The number of benzene rings is 2. The standard InChI is InChI=1S/C26H25ClN8O5/c1-35(12-16-11-30-23-21(31-16)22(28)33-26(29)34-23)17-8-4-14(5-9-17)24(38)32-20(25(39)40)18(10-19(36)37)13-2-6-15(27)7-3-13/h2-9,11,18,20H,10,12H2,1H3,(H,32,38)(H,36,37)(H,39,40)(H4,28,29,30,33,34)/t18?,20-/m0/s1. The molecule has 2 aromatic heterocycles. The summed E-state index contributed by atoms with van der Waals surface area (Å²) in [7, 11) is 1.81. The largest absolute Gasteiger partial charge is 0.481 e. The maximum absolute atomic E-state index is 13.0. The molecule has 40 heavy (non-hydrogen) atoms. The fourth-order valence-corrected chi connectivity index (χ4v) is 4.27. The summed E-state index contributed by atoms with van der Waals surface area (Å²) in [6.45, 7) is 0.345. The first-order chi connectivity index (χ1) is 19.0. The van der Waals surface area contributed by atoms with Gasteiger partial charge in [0.2, 0.25) is 5.95 Å². The topological polar surface area (TPSA) is 211 Å². The third-order valence-electron chi connectivity index (χ3n) is 6.12. The highest BCUT2D eigenvalue weighted by molar-refractivity contribution is 6.30. The van der Waals surface area contributed by atoms with Gasteiger partial charge >= 0.3 is 11.9 Å². The minimum Gasteiger partial charge on any atom is -0.481 e. The van der Waals surface area contributed by atoms with Crippen LogP contribution >= 0.6 is 11.6 Å². The number of aliphatic carboxylic acids is 2. The number of carbonyl (C=O) groups is 3. The van der Waals surface area contributed by atoms with Crippen LogP contribution in [0.3, 0.4) is 0 Å². The van der Waals surface area contributed by atoms with E-state index >= 15 is 0 Å². The molecule has 0 saturated carbocycles. The number of anilines is 3. The van der Waals surface area contributed by atoms with Crippen LogP contribution in [0.25, 0.3) is 11.2 Å². The van der Waals surface area contributed by atoms with Crippen LogP contribution in [0.1, 0.15) is 34.0 Å². The number of nitrogen functional groups attached to an aromatic ring is 2. The highest BCUT2D eigenvalue weighted by Gasteiger charge is 2.33. The summed E-state index contributed by atoms with van der Waals surface area (Å²) >= 11 is 5.92. The van der Waals surface area contributed by atoms with Crippen molar-refractivity contribution < 1.29 is 24.6 Å². The number of nitrogens with zero attached hydrogens (tertiary/aromatic N) is 5. The van der Waals surface area contributed by atoms with E-state index in [1.54, 1.807) is 30.5 Å². The lowest BCUT2D eigenvalue weighted by Crippen LogP contribution is -2.45. The quantitative estimate of drug-likeness (QED) is 0.188. The summed E-state index contributed by atoms with van der Waals surface area (Å²) in [4.78, 5) is 55.0. The molecule has 2 atom stereocenters. The number of hydrogen-bond acceptors (Lipinski definition) is 10. The number of carboxylic acids is 2. The van der Waals surface area contributed by atoms with Gasteiger partial charge < -0.3 is 31.9 Å². The van der Waals surface area contributed by atoms with E-state index in [1.165, 1.54) is 24.3 Å². The van der Waals surface area contributed by atoms with Gasteiger partial charge in [-0.25, -0.2) is 14.8 Å². The van der Waals surface area contributed by atoms with Gasteiger partial charge in [0.15, 0.2) is 17.0 Å². The Kier molecular flexibility index (Phi) is 8.24. The molecule has 0 radical (unpaired) electrons. The Morgan fingerprint density at radius 2 is 1.68 bits per heavy atom. The van der Waals surface area contributed by atoms with Crippen LogP contribution in [0.2, 0.25) is 5.02 Å². The van der Waals surface area contributed by atoms with Crippen molar-refractivity contribution in [2.75, 3.05) is 23.4 Å². The maximum Gasteiger partial charge on any atom is 0.326 e. The van der Waals surface area contributed by atoms with Gasteiger partial charge in [0.1, 0.15) is 6.04 Å². The molecule has 206 valence electrons. The number of aromatic nitrogens is 4. The number of carbonyl (C=O) groups excluding carboxylic acids is 1. The van der Waals surface area contributed by atoms with Crippen LogP contribution in [0.15, 0.2) is 54.7 Å². The van der Waals surface area contributed by atoms with E-state index in [2.05, 4.69) is 25.3 Å². The number of rotatable bonds is 10. The number of amides is 1. The zero-order valence-corrected chi connectivity index (χ0v) is 21.9. The van der Waals surface area contributed by atoms with Crippen molar-refractivity contribution in [3.8, 4) is 0 Å². The minimum atomic E-state index is -1.50. The summed E-state index contributed by atoms with van der Waals surface area (Å²) in [5.74, 6) is -4.14. The molecule has 0 aliphatic rings. The molecule has 14 heteroatoms. The Balaban J connectivity index is 1.48. The molecular weight excluding hydrogens is 540 g/mol. The molecule has 0 aliphatic heterocycles. The van der Waals surface area contributed by atoms with Gasteiger partial charge in [0.25, 0.3) is 5.91 Å². The molecule has 0 spiro atoms. The van der Waals surface area contributed by atoms with Crippen molar-refractivity contribution in [1.82, 2.24) is 25.3 Å². The number of hydrogen-bond donors (Lipinski definition) is 5. The molecule has 2 aromatic carbocycles. The molecule has 1 unspecified atom stereocenters. The number of nitrogens with one attached hydrogen (secondary N) is 1. The Bertz CT molecular complexity index is 1570. The smallest absolute Gasteiger partial charge is 0.326 e. The lowest BCUT2D eigenvalue weighted by atomic mass is 9.88. The maximum atomic E-state index is 13.0. The summed E-state index contributed by atoms with van der Waals surface area (Å²) < 4.78 is 0. The van der Waals surface area contributed by atoms with Crippen LogP contribution in [-0.4, -0.2) is 61.1 Å². The molecule has 4 aromatic rings. The van der Waals surface area contributed by atoms with E-state index in [4.69, 9.17) is 23.1 Å². The Morgan fingerprint density at radius 3 is 2.30 bits per heavy atom. The molecule has 4 rings (SSSR count). The van der Waals surface area contributed by atoms with Crippen molar-refractivity contribution in [2.45, 2.75) is 24.9 Å². The van der Waals surface area contributed by atoms with Gasteiger partial charge in [0, 0.05) is 29.2 Å². The first kappa shape index (κ1) is 28.0. The van der Waals surface area contributed by atoms with E-state index in [0.29, 0.717) is 28.3 Å². The number of carboxylic acid groups (broad SMARTS) is 2. The zero-order chi connectivity index (χ0) is 29.0. The Morgan fingerprint density at radius 1 is 1.00 bits per heavy atom. The lowest BCUT2D eigenvalue weighted by Gasteiger charge is -2.24. The van der Waals surface area contributed by atoms with Crippen molar-refractivity contribution in [2.24, 2.45) is 0 Å². The van der Waals surface area contributed by atoms with Gasteiger partial charge in [0.05, 0.1) is 24.9 Å². The highest BCUT2D eigenvalue weighted by Crippen LogP contribution is 2.26. The number of halogens is 1. The van der Waals surface area contributed by atoms with Gasteiger partial charge in [-0.15, -0.1) is 0 Å². The Labute approximate surface area is 232 Å². The number of fused-ring (bicyclic) bond motifs is 1. The molecule has 2 heterocycles. The summed E-state index contributed by atoms with van der Waals surface area (Å²) in [6.07, 6.45) is 1.04. The second-order valence-electron chi connectivity index (χ2n) is 8.95. The first-order valence-electron chi connectivity index (χ1n) is 11.9. The predicted molar refractivity (Wildman–Crippen MR) is 148 cm³/mol. The second-order valence-corrected chi connectivity index (χ2v) is 9.39. The lowest BCUT2D eigenvalue weighted by molar-refractivity contribution is -0.141. The summed E-state index contributed by atoms with van der Waals surface area (Å²) in [5.41, 5.74) is 14.0. The van der Waals surface area contributed by atoms with Gasteiger partial charge in [-0.1, -0.05) is 23.7 Å². The van der Waals surface area contributed by atoms with Crippen LogP contribution in [0.4, 0.5) is 17.5 Å². The average molecular weight is 565 g/mol. The molecule has 13 nitrogen and oxygen atoms in total. The number of nitrogens with two attached hydrogens (primary N) is 2. The van der Waals surface area contributed by atoms with E-state index in [-0.39, 0.29) is 23.0 Å². The summed E-state index contributed by atoms with van der Waals surface area (Å²) in [5, 5.41) is 22.1. The molecule has 1 amide bonds. The normalized spacial score (nSPS) is 12.4. The SMILES string of the molecule is CN(Cc1cnc2nc(N)nc(N)c2n1)c1ccc(C(=O)N[C@H](C(=O)O)C(CC(=O)O)c2ccc(Cl)cc2)cc1. The highest BCUT2D eigenvalue weighted by atomic mass is 35.5. The van der Waals surface area contributed by atoms with Crippen molar-refractivity contribution in [3.05, 3.63) is 76.6 Å². The van der Waals surface area contributed by atoms with Crippen molar-refractivity contribution >= 4 is 58.1 Å². The van der Waals surface area contributed by atoms with Crippen LogP contribution < -0.4 is 21.7 Å². The molecule has 0 bridgehead atoms. The zero-order valence-electron chi connectivity index (χ0n) is 21.2. The fourth-order valence-electron chi connectivity index (χ4n) is 4.15. The fraction of sp³-hybridized carbons (Fsp3) is 0.192. The van der Waals surface area contributed by atoms with Crippen molar-refractivity contribution in [3.63, 3.8) is 0 Å². The summed E-state index contributed by atoms with van der Waals surface area (Å²) in [6, 6.07) is 11.1. The minimum absolute atomic E-state index is 0.00496. The van der Waals surface area contributed by atoms with Gasteiger partial charge in [-0.05, 0) is 42.0 Å². The molecule has 0 aliphatic carbocycles. The first-order valence-corrected chi connectivity index (χ1v) is 12.3. The Hall–Kier alpha value is -5.04. The van der Waals surface area contributed by atoms with Crippen LogP contribution in [0.5, 0.6) is 0 Å². The third-order valence-corrected chi connectivity index (χ3v) is 6.37. The predicted octanol–water partition coefficient (Wildman–Crippen LogP) is 2.32. The van der Waals surface area contributed by atoms with Crippen molar-refractivity contribution in [1.29, 1.82) is 0 Å². The monoisotopic (exact) mass is 564 g/mol. The van der Waals surface area contributed by atoms with E-state index in [1.807, 2.05) is 11.9 Å². The molecule has 0 fully saturated rings. The molecular formula is C26H25ClN8O5.